The highest BCUT2D eigenvalue weighted by atomic mass is 19.4. The molecule has 1 aliphatic carbocycles. The van der Waals surface area contributed by atoms with Crippen molar-refractivity contribution in [3.8, 4) is 5.69 Å². The second kappa shape index (κ2) is 8.57. The molecule has 1 amide bonds. The van der Waals surface area contributed by atoms with Gasteiger partial charge in [0.15, 0.2) is 5.69 Å². The molecule has 0 atom stereocenters. The Hall–Kier alpha value is -3.09. The molecule has 1 aliphatic rings. The highest BCUT2D eigenvalue weighted by molar-refractivity contribution is 5.94. The maximum absolute atomic E-state index is 13.4. The number of halogens is 3. The van der Waals surface area contributed by atoms with E-state index >= 15 is 0 Å². The van der Waals surface area contributed by atoms with Gasteiger partial charge in [-0.25, -0.2) is 4.68 Å². The minimum absolute atomic E-state index is 0.124. The molecule has 0 aliphatic heterocycles. The van der Waals surface area contributed by atoms with Crippen molar-refractivity contribution in [2.24, 2.45) is 0 Å². The number of carbonyl (C=O) groups excluding carboxylic acids is 1. The van der Waals surface area contributed by atoms with Gasteiger partial charge in [-0.1, -0.05) is 30.3 Å². The Morgan fingerprint density at radius 2 is 1.71 bits per heavy atom. The first-order chi connectivity index (χ1) is 14.8. The van der Waals surface area contributed by atoms with Crippen molar-refractivity contribution >= 4 is 5.91 Å². The predicted molar refractivity (Wildman–Crippen MR) is 112 cm³/mol. The number of hydrogen-bond acceptors (Lipinski definition) is 2. The lowest BCUT2D eigenvalue weighted by molar-refractivity contribution is -0.142. The fraction of sp³-hybridized carbons (Fsp3) is 0.333. The van der Waals surface area contributed by atoms with Gasteiger partial charge in [0.05, 0.1) is 5.69 Å². The lowest BCUT2D eigenvalue weighted by Crippen LogP contribution is -2.28. The molecule has 0 bridgehead atoms. The van der Waals surface area contributed by atoms with E-state index in [-0.39, 0.29) is 5.91 Å². The second-order valence-corrected chi connectivity index (χ2v) is 7.90. The van der Waals surface area contributed by atoms with Crippen LogP contribution >= 0.6 is 0 Å². The van der Waals surface area contributed by atoms with Crippen molar-refractivity contribution in [1.29, 1.82) is 0 Å². The van der Waals surface area contributed by atoms with E-state index in [4.69, 9.17) is 0 Å². The SMILES string of the molecule is CN(CCc1ccccc1)C(=O)c1ccc(-n2nc(C(F)(F)F)c3c2CCCC3)cc1. The number of alkyl halides is 3. The van der Waals surface area contributed by atoms with E-state index in [1.54, 1.807) is 36.2 Å². The summed E-state index contributed by atoms with van der Waals surface area (Å²) in [6.07, 6.45) is -1.16. The van der Waals surface area contributed by atoms with E-state index in [9.17, 15) is 18.0 Å². The van der Waals surface area contributed by atoms with Crippen LogP contribution in [0.4, 0.5) is 13.2 Å². The molecule has 162 valence electrons. The zero-order valence-electron chi connectivity index (χ0n) is 17.3. The van der Waals surface area contributed by atoms with Crippen LogP contribution < -0.4 is 0 Å². The van der Waals surface area contributed by atoms with Gasteiger partial charge in [0.25, 0.3) is 5.91 Å². The third-order valence-electron chi connectivity index (χ3n) is 5.73. The van der Waals surface area contributed by atoms with Crippen molar-refractivity contribution in [1.82, 2.24) is 14.7 Å². The lowest BCUT2D eigenvalue weighted by Gasteiger charge is -2.18. The summed E-state index contributed by atoms with van der Waals surface area (Å²) >= 11 is 0. The van der Waals surface area contributed by atoms with Crippen LogP contribution in [0.5, 0.6) is 0 Å². The summed E-state index contributed by atoms with van der Waals surface area (Å²) in [5.41, 5.74) is 2.33. The van der Waals surface area contributed by atoms with Crippen LogP contribution in [-0.4, -0.2) is 34.2 Å². The van der Waals surface area contributed by atoms with Gasteiger partial charge in [0.1, 0.15) is 0 Å². The summed E-state index contributed by atoms with van der Waals surface area (Å²) < 4.78 is 41.7. The largest absolute Gasteiger partial charge is 0.435 e. The van der Waals surface area contributed by atoms with E-state index in [1.165, 1.54) is 4.68 Å². The first-order valence-corrected chi connectivity index (χ1v) is 10.4. The minimum Gasteiger partial charge on any atom is -0.341 e. The highest BCUT2D eigenvalue weighted by Gasteiger charge is 2.39. The van der Waals surface area contributed by atoms with E-state index < -0.39 is 11.9 Å². The van der Waals surface area contributed by atoms with Gasteiger partial charge in [-0.3, -0.25) is 4.79 Å². The van der Waals surface area contributed by atoms with E-state index in [2.05, 4.69) is 5.10 Å². The van der Waals surface area contributed by atoms with Crippen LogP contribution in [0.15, 0.2) is 54.6 Å². The second-order valence-electron chi connectivity index (χ2n) is 7.90. The number of hydrogen-bond donors (Lipinski definition) is 0. The summed E-state index contributed by atoms with van der Waals surface area (Å²) in [4.78, 5) is 14.4. The molecule has 7 heteroatoms. The molecule has 4 rings (SSSR count). The topological polar surface area (TPSA) is 38.1 Å². The van der Waals surface area contributed by atoms with Crippen molar-refractivity contribution in [2.45, 2.75) is 38.3 Å². The molecule has 31 heavy (non-hydrogen) atoms. The average molecular weight is 427 g/mol. The fourth-order valence-electron chi connectivity index (χ4n) is 4.05. The van der Waals surface area contributed by atoms with Gasteiger partial charge in [0, 0.05) is 30.4 Å². The summed E-state index contributed by atoms with van der Waals surface area (Å²) in [5.74, 6) is -0.124. The molecule has 0 radical (unpaired) electrons. The van der Waals surface area contributed by atoms with Gasteiger partial charge in [-0.15, -0.1) is 0 Å². The van der Waals surface area contributed by atoms with Crippen molar-refractivity contribution in [3.05, 3.63) is 82.7 Å². The molecule has 3 aromatic rings. The van der Waals surface area contributed by atoms with Crippen LogP contribution in [0.3, 0.4) is 0 Å². The number of fused-ring (bicyclic) bond motifs is 1. The van der Waals surface area contributed by atoms with Crippen LogP contribution in [0.2, 0.25) is 0 Å². The fourth-order valence-corrected chi connectivity index (χ4v) is 4.05. The molecule has 2 aromatic carbocycles. The van der Waals surface area contributed by atoms with Gasteiger partial charge in [-0.05, 0) is 61.9 Å². The summed E-state index contributed by atoms with van der Waals surface area (Å²) in [5, 5.41) is 3.90. The first-order valence-electron chi connectivity index (χ1n) is 10.4. The molecule has 4 nitrogen and oxygen atoms in total. The Morgan fingerprint density at radius 3 is 2.39 bits per heavy atom. The van der Waals surface area contributed by atoms with Gasteiger partial charge in [-0.2, -0.15) is 18.3 Å². The number of nitrogens with zero attached hydrogens (tertiary/aromatic N) is 3. The smallest absolute Gasteiger partial charge is 0.341 e. The predicted octanol–water partition coefficient (Wildman–Crippen LogP) is 5.08. The number of benzene rings is 2. The molecular formula is C24H24F3N3O. The molecule has 0 N–H and O–H groups in total. The number of aromatic nitrogens is 2. The van der Waals surface area contributed by atoms with Gasteiger partial charge < -0.3 is 4.90 Å². The number of carbonyl (C=O) groups is 1. The molecule has 0 spiro atoms. The number of amides is 1. The lowest BCUT2D eigenvalue weighted by atomic mass is 9.95. The Kier molecular flexibility index (Phi) is 5.85. The molecule has 0 fully saturated rings. The van der Waals surface area contributed by atoms with E-state index in [1.807, 2.05) is 30.3 Å². The first kappa shape index (κ1) is 21.2. The van der Waals surface area contributed by atoms with Crippen LogP contribution in [0, 0.1) is 0 Å². The van der Waals surface area contributed by atoms with Crippen LogP contribution in [0.25, 0.3) is 5.69 Å². The van der Waals surface area contributed by atoms with E-state index in [0.717, 1.165) is 24.8 Å². The summed E-state index contributed by atoms with van der Waals surface area (Å²) in [7, 11) is 1.75. The quantitative estimate of drug-likeness (QED) is 0.569. The Bertz CT molecular complexity index is 1060. The monoisotopic (exact) mass is 427 g/mol. The number of likely N-dealkylation sites (N-methyl/N-ethyl adjacent to an activating group) is 1. The zero-order chi connectivity index (χ0) is 22.0. The molecular weight excluding hydrogens is 403 g/mol. The Balaban J connectivity index is 1.52. The van der Waals surface area contributed by atoms with Crippen LogP contribution in [0.1, 0.15) is 45.7 Å². The minimum atomic E-state index is -4.47. The van der Waals surface area contributed by atoms with Crippen molar-refractivity contribution in [3.63, 3.8) is 0 Å². The summed E-state index contributed by atoms with van der Waals surface area (Å²) in [6, 6.07) is 16.6. The molecule has 1 heterocycles. The third kappa shape index (κ3) is 4.50. The highest BCUT2D eigenvalue weighted by Crippen LogP contribution is 2.36. The average Bonchev–Trinajstić information content (AvgIpc) is 3.18. The Labute approximate surface area is 179 Å². The molecule has 0 saturated heterocycles. The van der Waals surface area contributed by atoms with Gasteiger partial charge >= 0.3 is 6.18 Å². The normalized spacial score (nSPS) is 13.7. The standard InChI is InChI=1S/C24H24F3N3O/c1-29(16-15-17-7-3-2-4-8-17)23(31)18-11-13-19(14-12-18)30-21-10-6-5-9-20(21)22(28-30)24(25,26)27/h2-4,7-8,11-14H,5-6,9-10,15-16H2,1H3. The Morgan fingerprint density at radius 1 is 1.03 bits per heavy atom. The number of rotatable bonds is 5. The molecule has 0 saturated carbocycles. The third-order valence-corrected chi connectivity index (χ3v) is 5.73. The maximum atomic E-state index is 13.4. The van der Waals surface area contributed by atoms with E-state index in [0.29, 0.717) is 41.9 Å². The van der Waals surface area contributed by atoms with Crippen molar-refractivity contribution < 1.29 is 18.0 Å². The summed E-state index contributed by atoms with van der Waals surface area (Å²) in [6.45, 7) is 0.576. The van der Waals surface area contributed by atoms with Crippen molar-refractivity contribution in [2.75, 3.05) is 13.6 Å². The zero-order valence-corrected chi connectivity index (χ0v) is 17.3. The van der Waals surface area contributed by atoms with Gasteiger partial charge in [0.2, 0.25) is 0 Å². The maximum Gasteiger partial charge on any atom is 0.435 e. The molecule has 1 aromatic heterocycles. The van der Waals surface area contributed by atoms with Crippen LogP contribution in [-0.2, 0) is 25.4 Å². The molecule has 0 unspecified atom stereocenters.